The summed E-state index contributed by atoms with van der Waals surface area (Å²) in [5.41, 5.74) is 0.291. The number of benzene rings is 1. The van der Waals surface area contributed by atoms with E-state index < -0.39 is 0 Å². The fourth-order valence-electron chi connectivity index (χ4n) is 2.74. The smallest absolute Gasteiger partial charge is 0.257 e. The summed E-state index contributed by atoms with van der Waals surface area (Å²) in [4.78, 5) is 21.7. The number of hydrogen-bond donors (Lipinski definition) is 2. The van der Waals surface area contributed by atoms with Gasteiger partial charge in [0.15, 0.2) is 0 Å². The number of imidazole rings is 1. The quantitative estimate of drug-likeness (QED) is 0.896. The Kier molecular flexibility index (Phi) is 3.84. The predicted octanol–water partition coefficient (Wildman–Crippen LogP) is 2.79. The first kappa shape index (κ1) is 13.9. The van der Waals surface area contributed by atoms with Crippen LogP contribution in [0.15, 0.2) is 30.6 Å². The molecule has 1 aliphatic rings. The van der Waals surface area contributed by atoms with Crippen LogP contribution < -0.4 is 0 Å². The third kappa shape index (κ3) is 2.88. The van der Waals surface area contributed by atoms with Crippen molar-refractivity contribution < 1.29 is 9.90 Å². The molecule has 2 N–H and O–H groups in total. The van der Waals surface area contributed by atoms with Crippen molar-refractivity contribution in [3.05, 3.63) is 47.0 Å². The number of nitrogens with zero attached hydrogens (tertiary/aromatic N) is 2. The number of amides is 1. The van der Waals surface area contributed by atoms with Crippen LogP contribution in [0.25, 0.3) is 0 Å². The third-order valence-corrected chi connectivity index (χ3v) is 4.04. The van der Waals surface area contributed by atoms with Gasteiger partial charge in [0.05, 0.1) is 5.56 Å². The van der Waals surface area contributed by atoms with E-state index >= 15 is 0 Å². The molecule has 110 valence electrons. The van der Waals surface area contributed by atoms with Gasteiger partial charge in [-0.2, -0.15) is 0 Å². The van der Waals surface area contributed by atoms with E-state index in [1.165, 1.54) is 6.07 Å². The maximum absolute atomic E-state index is 12.5. The number of likely N-dealkylation sites (tertiary alicyclic amines) is 1. The Labute approximate surface area is 127 Å². The van der Waals surface area contributed by atoms with Crippen molar-refractivity contribution in [3.63, 3.8) is 0 Å². The zero-order valence-electron chi connectivity index (χ0n) is 11.4. The van der Waals surface area contributed by atoms with Crippen LogP contribution >= 0.6 is 11.6 Å². The fraction of sp³-hybridized carbons (Fsp3) is 0.333. The van der Waals surface area contributed by atoms with E-state index in [-0.39, 0.29) is 17.6 Å². The molecule has 1 saturated heterocycles. The van der Waals surface area contributed by atoms with E-state index in [1.54, 1.807) is 29.4 Å². The first-order valence-corrected chi connectivity index (χ1v) is 7.30. The summed E-state index contributed by atoms with van der Waals surface area (Å²) in [6.45, 7) is 1.30. The molecule has 1 aromatic carbocycles. The van der Waals surface area contributed by atoms with Crippen LogP contribution in [-0.4, -0.2) is 39.0 Å². The largest absolute Gasteiger partial charge is 0.507 e. The third-order valence-electron chi connectivity index (χ3n) is 3.80. The average molecular weight is 306 g/mol. The zero-order valence-corrected chi connectivity index (χ0v) is 12.2. The number of carbonyl (C=O) groups is 1. The normalized spacial score (nSPS) is 18.7. The molecule has 1 atom stereocenters. The van der Waals surface area contributed by atoms with Gasteiger partial charge in [0.25, 0.3) is 5.91 Å². The molecule has 0 aliphatic carbocycles. The Balaban J connectivity index is 1.78. The van der Waals surface area contributed by atoms with Crippen LogP contribution in [0.1, 0.15) is 34.9 Å². The van der Waals surface area contributed by atoms with Gasteiger partial charge in [-0.1, -0.05) is 11.6 Å². The first-order chi connectivity index (χ1) is 10.1. The fourth-order valence-corrected chi connectivity index (χ4v) is 2.91. The number of H-pyrrole nitrogens is 1. The summed E-state index contributed by atoms with van der Waals surface area (Å²) < 4.78 is 0. The Morgan fingerprint density at radius 3 is 3.05 bits per heavy atom. The number of hydrogen-bond acceptors (Lipinski definition) is 3. The number of phenolic OH excluding ortho intramolecular Hbond substituents is 1. The van der Waals surface area contributed by atoms with Crippen LogP contribution in [0.5, 0.6) is 5.75 Å². The number of aromatic hydroxyl groups is 1. The van der Waals surface area contributed by atoms with Gasteiger partial charge in [-0.25, -0.2) is 4.98 Å². The monoisotopic (exact) mass is 305 g/mol. The highest BCUT2D eigenvalue weighted by Crippen LogP contribution is 2.28. The molecule has 0 spiro atoms. The van der Waals surface area contributed by atoms with Gasteiger partial charge in [-0.15, -0.1) is 0 Å². The highest BCUT2D eigenvalue weighted by Gasteiger charge is 2.27. The topological polar surface area (TPSA) is 69.2 Å². The summed E-state index contributed by atoms with van der Waals surface area (Å²) in [6, 6.07) is 4.57. The van der Waals surface area contributed by atoms with Crippen molar-refractivity contribution in [1.82, 2.24) is 14.9 Å². The lowest BCUT2D eigenvalue weighted by molar-refractivity contribution is 0.0702. The molecular weight excluding hydrogens is 290 g/mol. The molecule has 0 bridgehead atoms. The van der Waals surface area contributed by atoms with Gasteiger partial charge < -0.3 is 15.0 Å². The number of phenols is 1. The molecule has 1 amide bonds. The van der Waals surface area contributed by atoms with Crippen molar-refractivity contribution in [1.29, 1.82) is 0 Å². The summed E-state index contributed by atoms with van der Waals surface area (Å²) in [7, 11) is 0. The maximum atomic E-state index is 12.5. The SMILES string of the molecule is O=C(c1ccc(Cl)cc1O)N1CCCC(c2ncc[nH]2)C1. The van der Waals surface area contributed by atoms with Crippen molar-refractivity contribution in [2.75, 3.05) is 13.1 Å². The molecule has 6 heteroatoms. The van der Waals surface area contributed by atoms with Crippen molar-refractivity contribution in [2.45, 2.75) is 18.8 Å². The standard InChI is InChI=1S/C15H16ClN3O2/c16-11-3-4-12(13(20)8-11)15(21)19-7-1-2-10(9-19)14-17-5-6-18-14/h3-6,8,10,20H,1-2,7,9H2,(H,17,18). The number of nitrogens with one attached hydrogen (secondary N) is 1. The van der Waals surface area contributed by atoms with Crippen molar-refractivity contribution in [3.8, 4) is 5.75 Å². The Morgan fingerprint density at radius 1 is 1.48 bits per heavy atom. The Morgan fingerprint density at radius 2 is 2.33 bits per heavy atom. The van der Waals surface area contributed by atoms with E-state index in [0.29, 0.717) is 23.7 Å². The van der Waals surface area contributed by atoms with E-state index in [9.17, 15) is 9.90 Å². The zero-order chi connectivity index (χ0) is 14.8. The van der Waals surface area contributed by atoms with Crippen LogP contribution in [0, 0.1) is 0 Å². The second kappa shape index (κ2) is 5.77. The lowest BCUT2D eigenvalue weighted by Crippen LogP contribution is -2.39. The van der Waals surface area contributed by atoms with E-state index in [1.807, 2.05) is 0 Å². The molecule has 3 rings (SSSR count). The maximum Gasteiger partial charge on any atom is 0.257 e. The Bertz CT molecular complexity index is 642. The molecule has 2 aromatic rings. The van der Waals surface area contributed by atoms with Crippen LogP contribution in [0.3, 0.4) is 0 Å². The minimum atomic E-state index is -0.166. The van der Waals surface area contributed by atoms with Crippen LogP contribution in [0.4, 0.5) is 0 Å². The summed E-state index contributed by atoms with van der Waals surface area (Å²) in [5.74, 6) is 0.882. The molecule has 2 heterocycles. The van der Waals surface area contributed by atoms with Gasteiger partial charge >= 0.3 is 0 Å². The van der Waals surface area contributed by atoms with Gasteiger partial charge in [0, 0.05) is 36.4 Å². The minimum Gasteiger partial charge on any atom is -0.507 e. The minimum absolute atomic E-state index is 0.0763. The van der Waals surface area contributed by atoms with E-state index in [0.717, 1.165) is 18.7 Å². The molecule has 0 saturated carbocycles. The summed E-state index contributed by atoms with van der Waals surface area (Å²) >= 11 is 5.80. The molecule has 21 heavy (non-hydrogen) atoms. The van der Waals surface area contributed by atoms with Crippen molar-refractivity contribution >= 4 is 17.5 Å². The summed E-state index contributed by atoms with van der Waals surface area (Å²) in [6.07, 6.45) is 5.44. The number of rotatable bonds is 2. The molecule has 1 aromatic heterocycles. The Hall–Kier alpha value is -2.01. The average Bonchev–Trinajstić information content (AvgIpc) is 3.01. The van der Waals surface area contributed by atoms with Crippen molar-refractivity contribution in [2.24, 2.45) is 0 Å². The second-order valence-electron chi connectivity index (χ2n) is 5.23. The van der Waals surface area contributed by atoms with Gasteiger partial charge in [-0.05, 0) is 31.0 Å². The number of aromatic nitrogens is 2. The second-order valence-corrected chi connectivity index (χ2v) is 5.66. The predicted molar refractivity (Wildman–Crippen MR) is 79.6 cm³/mol. The summed E-state index contributed by atoms with van der Waals surface area (Å²) in [5, 5.41) is 10.3. The molecule has 5 nitrogen and oxygen atoms in total. The first-order valence-electron chi connectivity index (χ1n) is 6.92. The lowest BCUT2D eigenvalue weighted by Gasteiger charge is -2.32. The number of carbonyl (C=O) groups excluding carboxylic acids is 1. The number of piperidine rings is 1. The van der Waals surface area contributed by atoms with Gasteiger partial charge in [0.1, 0.15) is 11.6 Å². The lowest BCUT2D eigenvalue weighted by atomic mass is 9.96. The van der Waals surface area contributed by atoms with E-state index in [4.69, 9.17) is 11.6 Å². The number of aromatic amines is 1. The molecule has 0 radical (unpaired) electrons. The van der Waals surface area contributed by atoms with Crippen LogP contribution in [-0.2, 0) is 0 Å². The molecule has 1 fully saturated rings. The van der Waals surface area contributed by atoms with Gasteiger partial charge in [0.2, 0.25) is 0 Å². The molecular formula is C15H16ClN3O2. The van der Waals surface area contributed by atoms with Gasteiger partial charge in [-0.3, -0.25) is 4.79 Å². The van der Waals surface area contributed by atoms with E-state index in [2.05, 4.69) is 9.97 Å². The highest BCUT2D eigenvalue weighted by molar-refractivity contribution is 6.30. The molecule has 1 aliphatic heterocycles. The highest BCUT2D eigenvalue weighted by atomic mass is 35.5. The number of halogens is 1. The van der Waals surface area contributed by atoms with Crippen LogP contribution in [0.2, 0.25) is 5.02 Å². The molecule has 1 unspecified atom stereocenters.